The fraction of sp³-hybridized carbons (Fsp3) is 0.100. The zero-order valence-electron chi connectivity index (χ0n) is 15.2. The van der Waals surface area contributed by atoms with Gasteiger partial charge in [0.2, 0.25) is 0 Å². The van der Waals surface area contributed by atoms with Gasteiger partial charge in [-0.05, 0) is 6.07 Å². The van der Waals surface area contributed by atoms with Crippen LogP contribution in [0.15, 0.2) is 58.7 Å². The van der Waals surface area contributed by atoms with Crippen LogP contribution >= 0.6 is 11.3 Å². The summed E-state index contributed by atoms with van der Waals surface area (Å²) < 4.78 is 11.1. The summed E-state index contributed by atoms with van der Waals surface area (Å²) in [6, 6.07) is 13.8. The second-order valence-corrected chi connectivity index (χ2v) is 7.07. The van der Waals surface area contributed by atoms with Crippen LogP contribution in [0.5, 0.6) is 0 Å². The highest BCUT2D eigenvalue weighted by Crippen LogP contribution is 2.18. The molecule has 0 fully saturated rings. The van der Waals surface area contributed by atoms with Crippen LogP contribution in [0.2, 0.25) is 0 Å². The van der Waals surface area contributed by atoms with Gasteiger partial charge in [-0.1, -0.05) is 30.3 Å². The summed E-state index contributed by atoms with van der Waals surface area (Å²) >= 11 is 1.28. The number of H-pyrrole nitrogens is 1. The molecule has 1 aromatic carbocycles. The van der Waals surface area contributed by atoms with E-state index in [1.807, 2.05) is 30.3 Å². The first-order chi connectivity index (χ1) is 14.0. The maximum Gasteiger partial charge on any atom is 0.356 e. The van der Waals surface area contributed by atoms with Crippen LogP contribution in [-0.2, 0) is 16.1 Å². The van der Waals surface area contributed by atoms with Crippen molar-refractivity contribution in [1.29, 1.82) is 0 Å². The van der Waals surface area contributed by atoms with Crippen molar-refractivity contribution in [2.24, 2.45) is 0 Å². The van der Waals surface area contributed by atoms with Crippen molar-refractivity contribution in [3.8, 4) is 11.3 Å². The lowest BCUT2D eigenvalue weighted by molar-refractivity contribution is 0.0469. The number of thiophene rings is 1. The summed E-state index contributed by atoms with van der Waals surface area (Å²) in [5.74, 6) is -1.08. The minimum absolute atomic E-state index is 0.00650. The maximum atomic E-state index is 12.4. The molecule has 29 heavy (non-hydrogen) atoms. The third-order valence-corrected chi connectivity index (χ3v) is 5.07. The second kappa shape index (κ2) is 7.72. The number of nitrogens with one attached hydrogen (secondary N) is 1. The van der Waals surface area contributed by atoms with E-state index in [1.54, 1.807) is 11.4 Å². The van der Waals surface area contributed by atoms with E-state index in [4.69, 9.17) is 4.74 Å². The Hall–Kier alpha value is -3.72. The Morgan fingerprint density at radius 1 is 1.14 bits per heavy atom. The molecule has 3 heterocycles. The minimum atomic E-state index is -0.635. The predicted octanol–water partition coefficient (Wildman–Crippen LogP) is 2.89. The average molecular weight is 409 g/mol. The Kier molecular flexibility index (Phi) is 4.96. The number of carbonyl (C=O) groups is 2. The van der Waals surface area contributed by atoms with Gasteiger partial charge in [0.25, 0.3) is 5.56 Å². The van der Waals surface area contributed by atoms with Gasteiger partial charge in [-0.15, -0.1) is 11.3 Å². The van der Waals surface area contributed by atoms with E-state index < -0.39 is 11.9 Å². The molecule has 4 rings (SSSR count). The van der Waals surface area contributed by atoms with Crippen molar-refractivity contribution in [3.05, 3.63) is 80.4 Å². The van der Waals surface area contributed by atoms with E-state index in [1.165, 1.54) is 35.1 Å². The van der Waals surface area contributed by atoms with E-state index in [9.17, 15) is 14.4 Å². The second-order valence-electron chi connectivity index (χ2n) is 6.08. The van der Waals surface area contributed by atoms with Crippen LogP contribution in [0.25, 0.3) is 16.9 Å². The maximum absolute atomic E-state index is 12.4. The third kappa shape index (κ3) is 3.81. The van der Waals surface area contributed by atoms with Gasteiger partial charge in [-0.2, -0.15) is 0 Å². The molecule has 0 aliphatic carbocycles. The van der Waals surface area contributed by atoms with Gasteiger partial charge in [-0.3, -0.25) is 9.89 Å². The van der Waals surface area contributed by atoms with E-state index in [0.29, 0.717) is 21.8 Å². The number of rotatable bonds is 5. The molecule has 0 spiro atoms. The molecule has 0 unspecified atom stereocenters. The Morgan fingerprint density at radius 2 is 1.93 bits per heavy atom. The zero-order valence-corrected chi connectivity index (χ0v) is 16.1. The molecule has 9 heteroatoms. The van der Waals surface area contributed by atoms with Gasteiger partial charge in [-0.25, -0.2) is 19.1 Å². The first kappa shape index (κ1) is 18.6. The van der Waals surface area contributed by atoms with Gasteiger partial charge in [0.05, 0.1) is 18.4 Å². The van der Waals surface area contributed by atoms with E-state index in [-0.39, 0.29) is 17.9 Å². The van der Waals surface area contributed by atoms with Crippen molar-refractivity contribution in [2.75, 3.05) is 7.11 Å². The van der Waals surface area contributed by atoms with E-state index in [0.717, 1.165) is 5.56 Å². The average Bonchev–Trinajstić information content (AvgIpc) is 3.39. The molecule has 8 nitrogen and oxygen atoms in total. The molecule has 0 aliphatic heterocycles. The van der Waals surface area contributed by atoms with Gasteiger partial charge < -0.3 is 9.47 Å². The fourth-order valence-corrected chi connectivity index (χ4v) is 3.51. The van der Waals surface area contributed by atoms with Crippen LogP contribution < -0.4 is 5.56 Å². The van der Waals surface area contributed by atoms with Crippen molar-refractivity contribution in [3.63, 3.8) is 0 Å². The molecule has 0 radical (unpaired) electrons. The lowest BCUT2D eigenvalue weighted by Gasteiger charge is -2.01. The molecular formula is C20H15N3O5S. The summed E-state index contributed by atoms with van der Waals surface area (Å²) in [4.78, 5) is 41.4. The van der Waals surface area contributed by atoms with Gasteiger partial charge >= 0.3 is 11.9 Å². The highest BCUT2D eigenvalue weighted by molar-refractivity contribution is 7.10. The summed E-state index contributed by atoms with van der Waals surface area (Å²) in [5.41, 5.74) is 1.80. The first-order valence-corrected chi connectivity index (χ1v) is 9.44. The Morgan fingerprint density at radius 3 is 2.69 bits per heavy atom. The largest absolute Gasteiger partial charge is 0.465 e. The summed E-state index contributed by atoms with van der Waals surface area (Å²) in [6.45, 7) is -0.00650. The number of hydrogen-bond acceptors (Lipinski definition) is 7. The van der Waals surface area contributed by atoms with Crippen LogP contribution in [-0.4, -0.2) is 33.6 Å². The number of benzene rings is 1. The van der Waals surface area contributed by atoms with Gasteiger partial charge in [0.1, 0.15) is 12.3 Å². The van der Waals surface area contributed by atoms with E-state index in [2.05, 4.69) is 14.8 Å². The number of ether oxygens (including phenoxy) is 2. The van der Waals surface area contributed by atoms with Crippen LogP contribution in [0.1, 0.15) is 25.7 Å². The summed E-state index contributed by atoms with van der Waals surface area (Å²) in [6.07, 6.45) is 0. The lowest BCUT2D eigenvalue weighted by atomic mass is 10.1. The molecule has 0 aliphatic rings. The number of aromatic amines is 1. The summed E-state index contributed by atoms with van der Waals surface area (Å²) in [7, 11) is 1.30. The first-order valence-electron chi connectivity index (χ1n) is 8.56. The number of fused-ring (bicyclic) bond motifs is 1. The predicted molar refractivity (Wildman–Crippen MR) is 106 cm³/mol. The molecule has 3 aromatic heterocycles. The number of methoxy groups -OCH3 is 1. The Bertz CT molecular complexity index is 1260. The van der Waals surface area contributed by atoms with Gasteiger partial charge in [0, 0.05) is 28.0 Å². The zero-order chi connectivity index (χ0) is 20.4. The minimum Gasteiger partial charge on any atom is -0.465 e. The van der Waals surface area contributed by atoms with Crippen molar-refractivity contribution in [1.82, 2.24) is 14.6 Å². The molecule has 1 N–H and O–H groups in total. The SMILES string of the molecule is COC(=O)c1csc(COC(=O)c2cc3nc(-c4ccccc4)cc(=O)n3[nH]2)c1. The topological polar surface area (TPSA) is 103 Å². The van der Waals surface area contributed by atoms with E-state index >= 15 is 0 Å². The Labute approximate surface area is 168 Å². The number of esters is 2. The van der Waals surface area contributed by atoms with Crippen LogP contribution in [0, 0.1) is 0 Å². The number of hydrogen-bond donors (Lipinski definition) is 1. The molecule has 0 bridgehead atoms. The quantitative estimate of drug-likeness (QED) is 0.509. The van der Waals surface area contributed by atoms with Crippen molar-refractivity contribution in [2.45, 2.75) is 6.61 Å². The molecule has 0 amide bonds. The van der Waals surface area contributed by atoms with Crippen molar-refractivity contribution >= 4 is 28.9 Å². The van der Waals surface area contributed by atoms with Crippen LogP contribution in [0.4, 0.5) is 0 Å². The molecule has 0 atom stereocenters. The molecule has 0 saturated heterocycles. The molecule has 0 saturated carbocycles. The monoisotopic (exact) mass is 409 g/mol. The number of carbonyl (C=O) groups excluding carboxylic acids is 2. The normalized spacial score (nSPS) is 10.8. The molecule has 4 aromatic rings. The third-order valence-electron chi connectivity index (χ3n) is 4.16. The van der Waals surface area contributed by atoms with Crippen LogP contribution in [0.3, 0.4) is 0 Å². The smallest absolute Gasteiger partial charge is 0.356 e. The fourth-order valence-electron chi connectivity index (χ4n) is 2.75. The Balaban J connectivity index is 1.54. The van der Waals surface area contributed by atoms with Gasteiger partial charge in [0.15, 0.2) is 5.65 Å². The lowest BCUT2D eigenvalue weighted by Crippen LogP contribution is -2.15. The number of aromatic nitrogens is 3. The highest BCUT2D eigenvalue weighted by Gasteiger charge is 2.15. The molecular weight excluding hydrogens is 394 g/mol. The van der Waals surface area contributed by atoms with Crippen molar-refractivity contribution < 1.29 is 19.1 Å². The summed E-state index contributed by atoms with van der Waals surface area (Å²) in [5, 5.41) is 4.34. The number of nitrogens with zero attached hydrogens (tertiary/aromatic N) is 2. The standard InChI is InChI=1S/C20H15N3O5S/c1-27-19(25)13-7-14(29-11-13)10-28-20(26)16-8-17-21-15(9-18(24)23(17)22-16)12-5-3-2-4-6-12/h2-9,11,22H,10H2,1H3. The molecule has 146 valence electrons. The highest BCUT2D eigenvalue weighted by atomic mass is 32.1.